The first-order chi connectivity index (χ1) is 9.51. The van der Waals surface area contributed by atoms with Crippen LogP contribution in [-0.2, 0) is 16.0 Å². The highest BCUT2D eigenvalue weighted by atomic mass is 16.5. The monoisotopic (exact) mass is 281 g/mol. The van der Waals surface area contributed by atoms with E-state index < -0.39 is 6.10 Å². The first-order valence-corrected chi connectivity index (χ1v) is 7.04. The van der Waals surface area contributed by atoms with Gasteiger partial charge in [0.15, 0.2) is 0 Å². The van der Waals surface area contributed by atoms with E-state index in [9.17, 15) is 5.11 Å². The Kier molecular flexibility index (Phi) is 7.77. The van der Waals surface area contributed by atoms with Gasteiger partial charge in [-0.3, -0.25) is 4.90 Å². The molecule has 0 saturated carbocycles. The van der Waals surface area contributed by atoms with E-state index in [4.69, 9.17) is 9.47 Å². The molecule has 0 amide bonds. The largest absolute Gasteiger partial charge is 0.389 e. The SMILES string of the molecule is COCC(C)OCC(O)CN(C)Cc1ccc(C)cc1. The molecule has 1 N–H and O–H groups in total. The number of rotatable bonds is 9. The normalized spacial score (nSPS) is 14.5. The number of ether oxygens (including phenoxy) is 2. The standard InChI is InChI=1S/C16H27NO3/c1-13-5-7-15(8-6-13)9-17(3)10-16(18)12-20-14(2)11-19-4/h5-8,14,16,18H,9-12H2,1-4H3. The Morgan fingerprint density at radius 2 is 1.85 bits per heavy atom. The lowest BCUT2D eigenvalue weighted by Crippen LogP contribution is -2.33. The van der Waals surface area contributed by atoms with Crippen LogP contribution in [0.15, 0.2) is 24.3 Å². The Balaban J connectivity index is 2.27. The third-order valence-corrected chi connectivity index (χ3v) is 3.07. The average molecular weight is 281 g/mol. The minimum Gasteiger partial charge on any atom is -0.389 e. The molecule has 2 unspecified atom stereocenters. The summed E-state index contributed by atoms with van der Waals surface area (Å²) < 4.78 is 10.5. The second-order valence-corrected chi connectivity index (χ2v) is 5.44. The first kappa shape index (κ1) is 17.1. The van der Waals surface area contributed by atoms with Crippen molar-refractivity contribution in [2.75, 3.05) is 33.9 Å². The van der Waals surface area contributed by atoms with Gasteiger partial charge in [0.2, 0.25) is 0 Å². The quantitative estimate of drug-likeness (QED) is 0.750. The van der Waals surface area contributed by atoms with E-state index in [2.05, 4.69) is 36.1 Å². The predicted octanol–water partition coefficient (Wildman–Crippen LogP) is 1.84. The highest BCUT2D eigenvalue weighted by molar-refractivity contribution is 5.21. The molecule has 2 atom stereocenters. The Hall–Kier alpha value is -0.940. The molecular formula is C16H27NO3. The number of likely N-dealkylation sites (N-methyl/N-ethyl adjacent to an activating group) is 1. The molecule has 114 valence electrons. The highest BCUT2D eigenvalue weighted by Gasteiger charge is 2.11. The maximum absolute atomic E-state index is 9.95. The van der Waals surface area contributed by atoms with Gasteiger partial charge in [0.1, 0.15) is 0 Å². The maximum Gasteiger partial charge on any atom is 0.0900 e. The van der Waals surface area contributed by atoms with Crippen molar-refractivity contribution in [3.05, 3.63) is 35.4 Å². The molecule has 0 aliphatic heterocycles. The van der Waals surface area contributed by atoms with Gasteiger partial charge in [-0.25, -0.2) is 0 Å². The number of methoxy groups -OCH3 is 1. The van der Waals surface area contributed by atoms with Crippen LogP contribution in [0.2, 0.25) is 0 Å². The number of hydrogen-bond donors (Lipinski definition) is 1. The van der Waals surface area contributed by atoms with Crippen LogP contribution in [0.4, 0.5) is 0 Å². The molecule has 0 fully saturated rings. The van der Waals surface area contributed by atoms with Crippen molar-refractivity contribution < 1.29 is 14.6 Å². The molecule has 20 heavy (non-hydrogen) atoms. The highest BCUT2D eigenvalue weighted by Crippen LogP contribution is 2.06. The number of aliphatic hydroxyl groups excluding tert-OH is 1. The number of aryl methyl sites for hydroxylation is 1. The summed E-state index contributed by atoms with van der Waals surface area (Å²) in [6, 6.07) is 8.45. The molecule has 0 aliphatic carbocycles. The van der Waals surface area contributed by atoms with Crippen LogP contribution in [0.1, 0.15) is 18.1 Å². The van der Waals surface area contributed by atoms with Crippen LogP contribution >= 0.6 is 0 Å². The van der Waals surface area contributed by atoms with Crippen LogP contribution in [-0.4, -0.2) is 56.1 Å². The molecule has 0 saturated heterocycles. The third kappa shape index (κ3) is 7.01. The zero-order valence-electron chi connectivity index (χ0n) is 13.0. The van der Waals surface area contributed by atoms with E-state index in [1.165, 1.54) is 11.1 Å². The van der Waals surface area contributed by atoms with Gasteiger partial charge in [-0.2, -0.15) is 0 Å². The topological polar surface area (TPSA) is 41.9 Å². The van der Waals surface area contributed by atoms with Crippen molar-refractivity contribution >= 4 is 0 Å². The Morgan fingerprint density at radius 3 is 2.45 bits per heavy atom. The number of benzene rings is 1. The van der Waals surface area contributed by atoms with Crippen molar-refractivity contribution in [2.45, 2.75) is 32.6 Å². The van der Waals surface area contributed by atoms with E-state index >= 15 is 0 Å². The molecule has 4 nitrogen and oxygen atoms in total. The van der Waals surface area contributed by atoms with E-state index in [0.717, 1.165) is 6.54 Å². The molecule has 4 heteroatoms. The number of aliphatic hydroxyl groups is 1. The number of nitrogens with zero attached hydrogens (tertiary/aromatic N) is 1. The van der Waals surface area contributed by atoms with Gasteiger partial charge in [0, 0.05) is 20.2 Å². The fraction of sp³-hybridized carbons (Fsp3) is 0.625. The number of hydrogen-bond acceptors (Lipinski definition) is 4. The van der Waals surface area contributed by atoms with E-state index in [0.29, 0.717) is 19.8 Å². The van der Waals surface area contributed by atoms with E-state index in [1.807, 2.05) is 14.0 Å². The van der Waals surface area contributed by atoms with Crippen LogP contribution in [0.5, 0.6) is 0 Å². The van der Waals surface area contributed by atoms with Gasteiger partial charge in [0.05, 0.1) is 25.4 Å². The van der Waals surface area contributed by atoms with Gasteiger partial charge in [-0.15, -0.1) is 0 Å². The van der Waals surface area contributed by atoms with E-state index in [-0.39, 0.29) is 6.10 Å². The van der Waals surface area contributed by atoms with Gasteiger partial charge in [0.25, 0.3) is 0 Å². The van der Waals surface area contributed by atoms with Crippen LogP contribution in [0.3, 0.4) is 0 Å². The fourth-order valence-corrected chi connectivity index (χ4v) is 2.04. The minimum absolute atomic E-state index is 0.0112. The Labute approximate surface area is 122 Å². The van der Waals surface area contributed by atoms with Gasteiger partial charge in [-0.05, 0) is 26.5 Å². The Bertz CT molecular complexity index is 366. The van der Waals surface area contributed by atoms with Crippen molar-refractivity contribution in [3.63, 3.8) is 0 Å². The summed E-state index contributed by atoms with van der Waals surface area (Å²) in [6.07, 6.45) is -0.471. The summed E-state index contributed by atoms with van der Waals surface area (Å²) in [5, 5.41) is 9.95. The summed E-state index contributed by atoms with van der Waals surface area (Å²) in [4.78, 5) is 2.10. The summed E-state index contributed by atoms with van der Waals surface area (Å²) in [5.74, 6) is 0. The average Bonchev–Trinajstić information content (AvgIpc) is 2.39. The molecule has 0 aromatic heterocycles. The summed E-state index contributed by atoms with van der Waals surface area (Å²) in [5.41, 5.74) is 2.51. The second-order valence-electron chi connectivity index (χ2n) is 5.44. The zero-order valence-corrected chi connectivity index (χ0v) is 13.0. The second kappa shape index (κ2) is 9.08. The molecular weight excluding hydrogens is 254 g/mol. The molecule has 0 radical (unpaired) electrons. The summed E-state index contributed by atoms with van der Waals surface area (Å²) >= 11 is 0. The third-order valence-electron chi connectivity index (χ3n) is 3.07. The lowest BCUT2D eigenvalue weighted by atomic mass is 10.1. The summed E-state index contributed by atoms with van der Waals surface area (Å²) in [7, 11) is 3.65. The smallest absolute Gasteiger partial charge is 0.0900 e. The molecule has 0 aliphatic rings. The lowest BCUT2D eigenvalue weighted by molar-refractivity contribution is -0.0385. The molecule has 0 heterocycles. The van der Waals surface area contributed by atoms with Gasteiger partial charge in [-0.1, -0.05) is 29.8 Å². The van der Waals surface area contributed by atoms with Crippen molar-refractivity contribution in [1.82, 2.24) is 4.90 Å². The molecule has 0 spiro atoms. The van der Waals surface area contributed by atoms with Crippen molar-refractivity contribution in [2.24, 2.45) is 0 Å². The molecule has 1 rings (SSSR count). The van der Waals surface area contributed by atoms with Gasteiger partial charge < -0.3 is 14.6 Å². The first-order valence-electron chi connectivity index (χ1n) is 7.04. The summed E-state index contributed by atoms with van der Waals surface area (Å²) in [6.45, 7) is 6.31. The molecule has 1 aromatic rings. The fourth-order valence-electron chi connectivity index (χ4n) is 2.04. The van der Waals surface area contributed by atoms with Gasteiger partial charge >= 0.3 is 0 Å². The molecule has 1 aromatic carbocycles. The maximum atomic E-state index is 9.95. The van der Waals surface area contributed by atoms with Crippen LogP contribution in [0, 0.1) is 6.92 Å². The molecule has 0 bridgehead atoms. The van der Waals surface area contributed by atoms with Crippen molar-refractivity contribution in [3.8, 4) is 0 Å². The van der Waals surface area contributed by atoms with Crippen LogP contribution in [0.25, 0.3) is 0 Å². The Morgan fingerprint density at radius 1 is 1.20 bits per heavy atom. The van der Waals surface area contributed by atoms with E-state index in [1.54, 1.807) is 7.11 Å². The van der Waals surface area contributed by atoms with Crippen LogP contribution < -0.4 is 0 Å². The zero-order chi connectivity index (χ0) is 15.0. The lowest BCUT2D eigenvalue weighted by Gasteiger charge is -2.22. The van der Waals surface area contributed by atoms with Crippen molar-refractivity contribution in [1.29, 1.82) is 0 Å². The minimum atomic E-state index is -0.482. The predicted molar refractivity (Wildman–Crippen MR) is 80.8 cm³/mol.